The molecule has 0 bridgehead atoms. The van der Waals surface area contributed by atoms with Crippen molar-refractivity contribution in [2.24, 2.45) is 5.92 Å². The molecule has 4 rings (SSSR count). The zero-order chi connectivity index (χ0) is 24.9. The van der Waals surface area contributed by atoms with Gasteiger partial charge in [0.15, 0.2) is 0 Å². The Morgan fingerprint density at radius 1 is 1.03 bits per heavy atom. The standard InChI is InChI=1S/C26H28N2O7/c1-2-34-25(32)22(23(29)28-13-7-8-16(14-28)24(30)31)27-26(33)35-15-21-19-11-5-3-9-17(19)18-10-4-6-12-20(18)21/h3-6,9-12,16,21-22H,2,7-8,13-15H2,1H3,(H,27,33)(H,30,31). The highest BCUT2D eigenvalue weighted by Gasteiger charge is 2.38. The molecular formula is C26H28N2O7. The van der Waals surface area contributed by atoms with Crippen LogP contribution in [-0.4, -0.2) is 66.3 Å². The van der Waals surface area contributed by atoms with E-state index in [2.05, 4.69) is 5.32 Å². The van der Waals surface area contributed by atoms with Crippen molar-refractivity contribution < 1.29 is 33.8 Å². The quantitative estimate of drug-likeness (QED) is 0.462. The van der Waals surface area contributed by atoms with Gasteiger partial charge in [-0.2, -0.15) is 0 Å². The number of likely N-dealkylation sites (tertiary alicyclic amines) is 1. The third-order valence-electron chi connectivity index (χ3n) is 6.46. The Morgan fingerprint density at radius 2 is 1.66 bits per heavy atom. The first-order valence-electron chi connectivity index (χ1n) is 11.7. The van der Waals surface area contributed by atoms with Crippen LogP contribution in [0, 0.1) is 5.92 Å². The van der Waals surface area contributed by atoms with E-state index in [9.17, 15) is 24.3 Å². The van der Waals surface area contributed by atoms with Gasteiger partial charge in [-0.25, -0.2) is 9.59 Å². The van der Waals surface area contributed by atoms with Gasteiger partial charge in [-0.05, 0) is 42.0 Å². The molecule has 1 fully saturated rings. The van der Waals surface area contributed by atoms with Crippen LogP contribution >= 0.6 is 0 Å². The number of carboxylic acid groups (broad SMARTS) is 1. The van der Waals surface area contributed by atoms with Crippen LogP contribution in [0.5, 0.6) is 0 Å². The van der Waals surface area contributed by atoms with Crippen molar-refractivity contribution >= 4 is 23.9 Å². The topological polar surface area (TPSA) is 122 Å². The van der Waals surface area contributed by atoms with Gasteiger partial charge in [-0.1, -0.05) is 48.5 Å². The van der Waals surface area contributed by atoms with Gasteiger partial charge in [-0.3, -0.25) is 14.9 Å². The minimum absolute atomic E-state index is 0.0206. The lowest BCUT2D eigenvalue weighted by Crippen LogP contribution is -2.55. The summed E-state index contributed by atoms with van der Waals surface area (Å²) in [5, 5.41) is 11.6. The highest BCUT2D eigenvalue weighted by Crippen LogP contribution is 2.44. The fraction of sp³-hybridized carbons (Fsp3) is 0.385. The summed E-state index contributed by atoms with van der Waals surface area (Å²) in [4.78, 5) is 50.9. The molecule has 9 heteroatoms. The lowest BCUT2D eigenvalue weighted by Gasteiger charge is -2.32. The molecule has 2 amide bonds. The zero-order valence-corrected chi connectivity index (χ0v) is 19.4. The predicted octanol–water partition coefficient (Wildman–Crippen LogP) is 2.78. The van der Waals surface area contributed by atoms with E-state index in [4.69, 9.17) is 9.47 Å². The molecular weight excluding hydrogens is 452 g/mol. The number of hydrogen-bond acceptors (Lipinski definition) is 6. The van der Waals surface area contributed by atoms with Gasteiger partial charge >= 0.3 is 18.0 Å². The number of alkyl carbamates (subject to hydrolysis) is 1. The van der Waals surface area contributed by atoms with Crippen LogP contribution < -0.4 is 5.32 Å². The summed E-state index contributed by atoms with van der Waals surface area (Å²) >= 11 is 0. The van der Waals surface area contributed by atoms with E-state index in [1.165, 1.54) is 4.90 Å². The molecule has 0 aromatic heterocycles. The van der Waals surface area contributed by atoms with Crippen LogP contribution in [0.4, 0.5) is 4.79 Å². The van der Waals surface area contributed by atoms with Crippen LogP contribution in [0.2, 0.25) is 0 Å². The molecule has 1 saturated heterocycles. The minimum atomic E-state index is -1.61. The Morgan fingerprint density at radius 3 is 2.26 bits per heavy atom. The van der Waals surface area contributed by atoms with Crippen molar-refractivity contribution in [2.45, 2.75) is 31.7 Å². The second kappa shape index (κ2) is 10.6. The van der Waals surface area contributed by atoms with E-state index in [0.717, 1.165) is 22.3 Å². The van der Waals surface area contributed by atoms with Gasteiger partial charge in [0.1, 0.15) is 6.61 Å². The summed E-state index contributed by atoms with van der Waals surface area (Å²) < 4.78 is 10.5. The number of hydrogen-bond donors (Lipinski definition) is 2. The van der Waals surface area contributed by atoms with Gasteiger partial charge in [-0.15, -0.1) is 0 Å². The van der Waals surface area contributed by atoms with Gasteiger partial charge in [0.2, 0.25) is 6.04 Å². The predicted molar refractivity (Wildman–Crippen MR) is 126 cm³/mol. The molecule has 35 heavy (non-hydrogen) atoms. The molecule has 1 heterocycles. The number of fused-ring (bicyclic) bond motifs is 3. The number of carbonyl (C=O) groups excluding carboxylic acids is 3. The lowest BCUT2D eigenvalue weighted by molar-refractivity contribution is -0.153. The molecule has 2 aromatic rings. The molecule has 2 atom stereocenters. The first-order valence-corrected chi connectivity index (χ1v) is 11.7. The Labute approximate surface area is 203 Å². The lowest BCUT2D eigenvalue weighted by atomic mass is 9.97. The van der Waals surface area contributed by atoms with Crippen molar-refractivity contribution in [1.29, 1.82) is 0 Å². The summed E-state index contributed by atoms with van der Waals surface area (Å²) in [6, 6.07) is 14.2. The molecule has 1 aliphatic carbocycles. The number of ether oxygens (including phenoxy) is 2. The second-order valence-corrected chi connectivity index (χ2v) is 8.62. The second-order valence-electron chi connectivity index (χ2n) is 8.62. The Bertz CT molecular complexity index is 1090. The van der Waals surface area contributed by atoms with Gasteiger partial charge < -0.3 is 19.5 Å². The molecule has 2 N–H and O–H groups in total. The van der Waals surface area contributed by atoms with Crippen LogP contribution in [0.3, 0.4) is 0 Å². The molecule has 0 spiro atoms. The van der Waals surface area contributed by atoms with Crippen molar-refractivity contribution in [3.05, 3.63) is 59.7 Å². The van der Waals surface area contributed by atoms with Crippen molar-refractivity contribution in [3.63, 3.8) is 0 Å². The number of nitrogens with one attached hydrogen (secondary N) is 1. The number of rotatable bonds is 7. The molecule has 2 aromatic carbocycles. The monoisotopic (exact) mass is 480 g/mol. The number of carbonyl (C=O) groups is 4. The summed E-state index contributed by atoms with van der Waals surface area (Å²) in [5.41, 5.74) is 4.23. The number of benzene rings is 2. The Kier molecular flexibility index (Phi) is 7.33. The van der Waals surface area contributed by atoms with Gasteiger partial charge in [0.05, 0.1) is 12.5 Å². The van der Waals surface area contributed by atoms with Crippen molar-refractivity contribution in [2.75, 3.05) is 26.3 Å². The van der Waals surface area contributed by atoms with Crippen molar-refractivity contribution in [3.8, 4) is 11.1 Å². The number of amides is 2. The number of carboxylic acids is 1. The van der Waals surface area contributed by atoms with E-state index in [-0.39, 0.29) is 25.7 Å². The first kappa shape index (κ1) is 24.3. The molecule has 2 unspecified atom stereocenters. The SMILES string of the molecule is CCOC(=O)C(NC(=O)OCC1c2ccccc2-c2ccccc21)C(=O)N1CCCC(C(=O)O)C1. The molecule has 9 nitrogen and oxygen atoms in total. The van der Waals surface area contributed by atoms with Gasteiger partial charge in [0, 0.05) is 19.0 Å². The Balaban J connectivity index is 1.45. The molecule has 2 aliphatic rings. The highest BCUT2D eigenvalue weighted by atomic mass is 16.6. The normalized spacial score (nSPS) is 17.6. The number of piperidine rings is 1. The smallest absolute Gasteiger partial charge is 0.408 e. The van der Waals surface area contributed by atoms with Crippen LogP contribution in [-0.2, 0) is 23.9 Å². The third-order valence-corrected chi connectivity index (χ3v) is 6.46. The summed E-state index contributed by atoms with van der Waals surface area (Å²) in [7, 11) is 0. The van der Waals surface area contributed by atoms with Crippen LogP contribution in [0.25, 0.3) is 11.1 Å². The number of nitrogens with zero attached hydrogens (tertiary/aromatic N) is 1. The van der Waals surface area contributed by atoms with Crippen molar-refractivity contribution in [1.82, 2.24) is 10.2 Å². The summed E-state index contributed by atoms with van der Waals surface area (Å²) in [6.07, 6.45) is 0.0108. The summed E-state index contributed by atoms with van der Waals surface area (Å²) in [6.45, 7) is 1.90. The zero-order valence-electron chi connectivity index (χ0n) is 19.4. The molecule has 0 radical (unpaired) electrons. The van der Waals surface area contributed by atoms with E-state index >= 15 is 0 Å². The fourth-order valence-electron chi connectivity index (χ4n) is 4.77. The summed E-state index contributed by atoms with van der Waals surface area (Å²) in [5.74, 6) is -3.51. The first-order chi connectivity index (χ1) is 16.9. The average Bonchev–Trinajstić information content (AvgIpc) is 3.19. The maximum absolute atomic E-state index is 13.1. The Hall–Kier alpha value is -3.88. The molecule has 0 saturated carbocycles. The van der Waals surface area contributed by atoms with E-state index in [0.29, 0.717) is 19.4 Å². The maximum Gasteiger partial charge on any atom is 0.408 e. The minimum Gasteiger partial charge on any atom is -0.481 e. The van der Waals surface area contributed by atoms with E-state index in [1.54, 1.807) is 6.92 Å². The van der Waals surface area contributed by atoms with E-state index in [1.807, 2.05) is 48.5 Å². The van der Waals surface area contributed by atoms with Gasteiger partial charge in [0.25, 0.3) is 5.91 Å². The number of aliphatic carboxylic acids is 1. The van der Waals surface area contributed by atoms with E-state index < -0.39 is 35.9 Å². The third kappa shape index (κ3) is 5.13. The maximum atomic E-state index is 13.1. The average molecular weight is 481 g/mol. The van der Waals surface area contributed by atoms with Crippen LogP contribution in [0.1, 0.15) is 36.8 Å². The molecule has 184 valence electrons. The number of esters is 1. The highest BCUT2D eigenvalue weighted by molar-refractivity contribution is 6.04. The largest absolute Gasteiger partial charge is 0.481 e. The van der Waals surface area contributed by atoms with Crippen LogP contribution in [0.15, 0.2) is 48.5 Å². The fourth-order valence-corrected chi connectivity index (χ4v) is 4.77. The molecule has 1 aliphatic heterocycles.